The number of non-ortho nitro benzene ring substituents is 1. The first-order valence-electron chi connectivity index (χ1n) is 5.06. The number of anilines is 1. The topological polar surface area (TPSA) is 79.0 Å². The van der Waals surface area contributed by atoms with Crippen molar-refractivity contribution in [1.29, 1.82) is 5.26 Å². The van der Waals surface area contributed by atoms with E-state index in [9.17, 15) is 10.1 Å². The predicted molar refractivity (Wildman–Crippen MR) is 61.2 cm³/mol. The van der Waals surface area contributed by atoms with Crippen molar-refractivity contribution in [3.05, 3.63) is 33.9 Å². The monoisotopic (exact) mass is 219 g/mol. The van der Waals surface area contributed by atoms with Crippen LogP contribution in [0.25, 0.3) is 0 Å². The van der Waals surface area contributed by atoms with Gasteiger partial charge in [0.05, 0.1) is 11.0 Å². The van der Waals surface area contributed by atoms with Crippen LogP contribution in [-0.2, 0) is 6.42 Å². The van der Waals surface area contributed by atoms with Crippen LogP contribution in [0.4, 0.5) is 11.4 Å². The zero-order valence-electron chi connectivity index (χ0n) is 9.06. The van der Waals surface area contributed by atoms with Gasteiger partial charge >= 0.3 is 0 Å². The smallest absolute Gasteiger partial charge is 0.271 e. The van der Waals surface area contributed by atoms with Gasteiger partial charge in [0.15, 0.2) is 0 Å². The van der Waals surface area contributed by atoms with E-state index in [-0.39, 0.29) is 5.69 Å². The maximum Gasteiger partial charge on any atom is 0.271 e. The number of rotatable bonds is 5. The van der Waals surface area contributed by atoms with Gasteiger partial charge in [0, 0.05) is 30.8 Å². The van der Waals surface area contributed by atoms with Crippen LogP contribution in [0.3, 0.4) is 0 Å². The van der Waals surface area contributed by atoms with E-state index < -0.39 is 4.92 Å². The summed E-state index contributed by atoms with van der Waals surface area (Å²) in [4.78, 5) is 10.3. The molecule has 0 saturated heterocycles. The normalized spacial score (nSPS) is 9.50. The molecule has 0 aromatic heterocycles. The molecular formula is C11H13N3O2. The largest absolute Gasteiger partial charge is 0.385 e. The summed E-state index contributed by atoms with van der Waals surface area (Å²) in [5, 5.41) is 22.2. The molecular weight excluding hydrogens is 206 g/mol. The molecule has 5 nitrogen and oxygen atoms in total. The number of nitrogens with zero attached hydrogens (tertiary/aromatic N) is 2. The van der Waals surface area contributed by atoms with E-state index in [1.54, 1.807) is 0 Å². The number of benzene rings is 1. The van der Waals surface area contributed by atoms with E-state index in [2.05, 4.69) is 5.32 Å². The number of hydrogen-bond donors (Lipinski definition) is 1. The third-order valence-electron chi connectivity index (χ3n) is 2.09. The Morgan fingerprint density at radius 3 is 2.81 bits per heavy atom. The van der Waals surface area contributed by atoms with Crippen LogP contribution in [0, 0.1) is 21.4 Å². The van der Waals surface area contributed by atoms with Gasteiger partial charge in [-0.3, -0.25) is 10.1 Å². The Labute approximate surface area is 93.9 Å². The number of nitro benzene ring substituents is 1. The minimum absolute atomic E-state index is 0.0615. The summed E-state index contributed by atoms with van der Waals surface area (Å²) < 4.78 is 0. The van der Waals surface area contributed by atoms with E-state index in [1.165, 1.54) is 12.1 Å². The molecule has 0 aliphatic carbocycles. The molecule has 84 valence electrons. The Hall–Kier alpha value is -2.09. The molecule has 0 saturated carbocycles. The molecule has 1 N–H and O–H groups in total. The highest BCUT2D eigenvalue weighted by atomic mass is 16.6. The van der Waals surface area contributed by atoms with E-state index >= 15 is 0 Å². The zero-order valence-corrected chi connectivity index (χ0v) is 9.06. The summed E-state index contributed by atoms with van der Waals surface area (Å²) in [6.07, 6.45) is 0.906. The fourth-order valence-corrected chi connectivity index (χ4v) is 1.43. The van der Waals surface area contributed by atoms with Crippen LogP contribution in [0.1, 0.15) is 18.9 Å². The van der Waals surface area contributed by atoms with Crippen molar-refractivity contribution >= 4 is 11.4 Å². The number of nitro groups is 1. The highest BCUT2D eigenvalue weighted by Gasteiger charge is 2.09. The second-order valence-electron chi connectivity index (χ2n) is 3.33. The Bertz CT molecular complexity index is 424. The molecule has 0 aliphatic rings. The number of aryl methyl sites for hydroxylation is 1. The fourth-order valence-electron chi connectivity index (χ4n) is 1.43. The molecule has 0 fully saturated rings. The van der Waals surface area contributed by atoms with Gasteiger partial charge in [-0.15, -0.1) is 0 Å². The summed E-state index contributed by atoms with van der Waals surface area (Å²) in [6, 6.07) is 6.88. The van der Waals surface area contributed by atoms with Crippen molar-refractivity contribution in [2.45, 2.75) is 19.8 Å². The molecule has 0 heterocycles. The number of nitrogens with one attached hydrogen (secondary N) is 1. The summed E-state index contributed by atoms with van der Waals surface area (Å²) in [5.74, 6) is 0. The van der Waals surface area contributed by atoms with Crippen molar-refractivity contribution in [3.63, 3.8) is 0 Å². The van der Waals surface area contributed by atoms with Gasteiger partial charge in [0.1, 0.15) is 0 Å². The quantitative estimate of drug-likeness (QED) is 0.609. The van der Waals surface area contributed by atoms with E-state index in [4.69, 9.17) is 5.26 Å². The lowest BCUT2D eigenvalue weighted by Gasteiger charge is -2.05. The van der Waals surface area contributed by atoms with Gasteiger partial charge in [-0.25, -0.2) is 0 Å². The number of nitriles is 1. The summed E-state index contributed by atoms with van der Waals surface area (Å²) >= 11 is 0. The minimum Gasteiger partial charge on any atom is -0.385 e. The minimum atomic E-state index is -0.420. The van der Waals surface area contributed by atoms with Gasteiger partial charge < -0.3 is 5.32 Å². The molecule has 0 spiro atoms. The maximum absolute atomic E-state index is 10.7. The molecule has 0 bridgehead atoms. The van der Waals surface area contributed by atoms with Gasteiger partial charge in [0.25, 0.3) is 5.69 Å². The molecule has 0 atom stereocenters. The van der Waals surface area contributed by atoms with Crippen LogP contribution in [0.2, 0.25) is 0 Å². The van der Waals surface area contributed by atoms with Crippen LogP contribution >= 0.6 is 0 Å². The van der Waals surface area contributed by atoms with Crippen LogP contribution in [0.5, 0.6) is 0 Å². The molecule has 0 radical (unpaired) electrons. The van der Waals surface area contributed by atoms with Crippen molar-refractivity contribution < 1.29 is 4.92 Å². The Morgan fingerprint density at radius 1 is 1.50 bits per heavy atom. The van der Waals surface area contributed by atoms with Crippen molar-refractivity contribution in [1.82, 2.24) is 0 Å². The second kappa shape index (κ2) is 5.71. The molecule has 16 heavy (non-hydrogen) atoms. The highest BCUT2D eigenvalue weighted by molar-refractivity contribution is 5.54. The molecule has 0 unspecified atom stereocenters. The lowest BCUT2D eigenvalue weighted by atomic mass is 10.1. The summed E-state index contributed by atoms with van der Waals surface area (Å²) in [6.45, 7) is 2.63. The van der Waals surface area contributed by atoms with E-state index in [0.29, 0.717) is 19.4 Å². The van der Waals surface area contributed by atoms with Gasteiger partial charge in [0.2, 0.25) is 0 Å². The molecule has 1 aromatic rings. The third kappa shape index (κ3) is 3.24. The van der Waals surface area contributed by atoms with Crippen LogP contribution in [-0.4, -0.2) is 11.5 Å². The molecule has 0 amide bonds. The van der Waals surface area contributed by atoms with Crippen molar-refractivity contribution in [2.75, 3.05) is 11.9 Å². The van der Waals surface area contributed by atoms with E-state index in [1.807, 2.05) is 19.1 Å². The average molecular weight is 219 g/mol. The van der Waals surface area contributed by atoms with Crippen LogP contribution in [0.15, 0.2) is 18.2 Å². The molecule has 5 heteroatoms. The number of hydrogen-bond acceptors (Lipinski definition) is 4. The fraction of sp³-hybridized carbons (Fsp3) is 0.364. The van der Waals surface area contributed by atoms with Gasteiger partial charge in [-0.1, -0.05) is 0 Å². The Balaban J connectivity index is 2.99. The standard InChI is InChI=1S/C11H13N3O2/c1-2-13-10-6-9(4-3-5-12)7-11(8-10)14(15)16/h6-8,13H,2-4H2,1H3. The first-order valence-corrected chi connectivity index (χ1v) is 5.06. The highest BCUT2D eigenvalue weighted by Crippen LogP contribution is 2.21. The first-order chi connectivity index (χ1) is 7.67. The second-order valence-corrected chi connectivity index (χ2v) is 3.33. The van der Waals surface area contributed by atoms with Crippen molar-refractivity contribution in [3.8, 4) is 6.07 Å². The summed E-state index contributed by atoms with van der Waals surface area (Å²) in [7, 11) is 0. The van der Waals surface area contributed by atoms with Gasteiger partial charge in [-0.05, 0) is 25.0 Å². The maximum atomic E-state index is 10.7. The molecule has 0 aliphatic heterocycles. The van der Waals surface area contributed by atoms with Crippen LogP contribution < -0.4 is 5.32 Å². The van der Waals surface area contributed by atoms with E-state index in [0.717, 1.165) is 11.3 Å². The predicted octanol–water partition coefficient (Wildman–Crippen LogP) is 2.48. The first kappa shape index (κ1) is 12.0. The average Bonchev–Trinajstić information content (AvgIpc) is 2.26. The zero-order chi connectivity index (χ0) is 12.0. The summed E-state index contributed by atoms with van der Waals surface area (Å²) in [5.41, 5.74) is 1.60. The third-order valence-corrected chi connectivity index (χ3v) is 2.09. The lowest BCUT2D eigenvalue weighted by Crippen LogP contribution is -1.99. The SMILES string of the molecule is CCNc1cc(CCC#N)cc([N+](=O)[O-])c1. The molecule has 1 rings (SSSR count). The lowest BCUT2D eigenvalue weighted by molar-refractivity contribution is -0.384. The van der Waals surface area contributed by atoms with Gasteiger partial charge in [-0.2, -0.15) is 5.26 Å². The Morgan fingerprint density at radius 2 is 2.25 bits per heavy atom. The van der Waals surface area contributed by atoms with Crippen molar-refractivity contribution in [2.24, 2.45) is 0 Å². The Kier molecular flexibility index (Phi) is 4.28. The molecule has 1 aromatic carbocycles.